The number of aryl methyl sites for hydroxylation is 1. The molecule has 0 fully saturated rings. The predicted octanol–water partition coefficient (Wildman–Crippen LogP) is 3.40. The first-order valence-corrected chi connectivity index (χ1v) is 9.43. The minimum absolute atomic E-state index is 0.195. The van der Waals surface area contributed by atoms with E-state index in [1.54, 1.807) is 25.6 Å². The Labute approximate surface area is 169 Å². The minimum atomic E-state index is -0.195. The minimum Gasteiger partial charge on any atom is -0.378 e. The Bertz CT molecular complexity index is 1150. The van der Waals surface area contributed by atoms with Crippen molar-refractivity contribution in [1.82, 2.24) is 24.5 Å². The summed E-state index contributed by atoms with van der Waals surface area (Å²) < 4.78 is 3.58. The van der Waals surface area contributed by atoms with Crippen molar-refractivity contribution in [2.75, 3.05) is 5.32 Å². The second kappa shape index (κ2) is 7.77. The summed E-state index contributed by atoms with van der Waals surface area (Å²) in [5, 5.41) is 12.1. The van der Waals surface area contributed by atoms with Crippen LogP contribution in [-0.2, 0) is 13.6 Å². The zero-order valence-corrected chi connectivity index (χ0v) is 16.7. The lowest BCUT2D eigenvalue weighted by Crippen LogP contribution is -2.21. The number of anilines is 1. The molecule has 140 valence electrons. The highest BCUT2D eigenvalue weighted by molar-refractivity contribution is 9.10. The first-order valence-electron chi connectivity index (χ1n) is 8.63. The number of hydrogen-bond donors (Lipinski definition) is 1. The number of halogens is 1. The van der Waals surface area contributed by atoms with Crippen LogP contribution in [0.3, 0.4) is 0 Å². The predicted molar refractivity (Wildman–Crippen MR) is 111 cm³/mol. The van der Waals surface area contributed by atoms with Crippen LogP contribution in [0.25, 0.3) is 16.9 Å². The third kappa shape index (κ3) is 3.59. The Morgan fingerprint density at radius 3 is 2.61 bits per heavy atom. The third-order valence-corrected chi connectivity index (χ3v) is 5.08. The van der Waals surface area contributed by atoms with Crippen LogP contribution < -0.4 is 10.9 Å². The van der Waals surface area contributed by atoms with E-state index in [0.29, 0.717) is 16.7 Å². The van der Waals surface area contributed by atoms with E-state index in [4.69, 9.17) is 5.10 Å². The van der Waals surface area contributed by atoms with Crippen molar-refractivity contribution >= 4 is 21.6 Å². The molecule has 4 aromatic rings. The van der Waals surface area contributed by atoms with Crippen LogP contribution in [0.4, 0.5) is 5.69 Å². The molecule has 3 aromatic heterocycles. The Balaban J connectivity index is 1.70. The van der Waals surface area contributed by atoms with Crippen molar-refractivity contribution in [2.45, 2.75) is 6.54 Å². The van der Waals surface area contributed by atoms with Gasteiger partial charge in [0.1, 0.15) is 4.47 Å². The first kappa shape index (κ1) is 18.1. The van der Waals surface area contributed by atoms with Crippen LogP contribution >= 0.6 is 15.9 Å². The Kier molecular flexibility index (Phi) is 5.03. The Hall–Kier alpha value is -3.26. The van der Waals surface area contributed by atoms with Gasteiger partial charge in [0.05, 0.1) is 23.3 Å². The van der Waals surface area contributed by atoms with Crippen molar-refractivity contribution in [3.8, 4) is 16.9 Å². The fraction of sp³-hybridized carbons (Fsp3) is 0.100. The van der Waals surface area contributed by atoms with Crippen molar-refractivity contribution in [3.63, 3.8) is 0 Å². The van der Waals surface area contributed by atoms with E-state index < -0.39 is 0 Å². The average molecular weight is 437 g/mol. The SMILES string of the molecule is Cn1ncc(NCc2cn(-c3ccccc3)nc2-c2ccncc2)c(Br)c1=O. The van der Waals surface area contributed by atoms with Crippen LogP contribution in [0, 0.1) is 0 Å². The largest absolute Gasteiger partial charge is 0.378 e. The topological polar surface area (TPSA) is 77.6 Å². The number of hydrogen-bond acceptors (Lipinski definition) is 5. The van der Waals surface area contributed by atoms with Gasteiger partial charge in [0.2, 0.25) is 0 Å². The fourth-order valence-corrected chi connectivity index (χ4v) is 3.33. The molecule has 1 N–H and O–H groups in total. The van der Waals surface area contributed by atoms with Gasteiger partial charge in [0.25, 0.3) is 5.56 Å². The van der Waals surface area contributed by atoms with Crippen LogP contribution in [0.15, 0.2) is 76.5 Å². The van der Waals surface area contributed by atoms with Gasteiger partial charge < -0.3 is 5.32 Å². The number of pyridine rings is 1. The number of para-hydroxylation sites is 1. The Morgan fingerprint density at radius 1 is 1.11 bits per heavy atom. The van der Waals surface area contributed by atoms with Gasteiger partial charge in [-0.25, -0.2) is 9.36 Å². The molecule has 3 heterocycles. The van der Waals surface area contributed by atoms with Crippen LogP contribution in [0.5, 0.6) is 0 Å². The molecule has 0 atom stereocenters. The summed E-state index contributed by atoms with van der Waals surface area (Å²) in [6, 6.07) is 13.8. The maximum Gasteiger partial charge on any atom is 0.282 e. The molecular weight excluding hydrogens is 420 g/mol. The van der Waals surface area contributed by atoms with Gasteiger partial charge in [-0.05, 0) is 40.2 Å². The summed E-state index contributed by atoms with van der Waals surface area (Å²) in [5.41, 5.74) is 4.23. The molecule has 7 nitrogen and oxygen atoms in total. The van der Waals surface area contributed by atoms with Gasteiger partial charge in [-0.15, -0.1) is 0 Å². The van der Waals surface area contributed by atoms with Gasteiger partial charge in [-0.3, -0.25) is 9.78 Å². The molecule has 0 amide bonds. The van der Waals surface area contributed by atoms with Gasteiger partial charge in [0, 0.05) is 43.3 Å². The van der Waals surface area contributed by atoms with Crippen LogP contribution in [0.2, 0.25) is 0 Å². The molecule has 28 heavy (non-hydrogen) atoms. The lowest BCUT2D eigenvalue weighted by molar-refractivity contribution is 0.703. The summed E-state index contributed by atoms with van der Waals surface area (Å²) in [4.78, 5) is 16.2. The van der Waals surface area contributed by atoms with E-state index in [0.717, 1.165) is 22.5 Å². The normalized spacial score (nSPS) is 10.8. The summed E-state index contributed by atoms with van der Waals surface area (Å²) in [6.07, 6.45) is 7.10. The molecule has 0 aliphatic rings. The number of nitrogens with zero attached hydrogens (tertiary/aromatic N) is 5. The molecule has 0 radical (unpaired) electrons. The highest BCUT2D eigenvalue weighted by Crippen LogP contribution is 2.25. The zero-order valence-electron chi connectivity index (χ0n) is 15.1. The first-order chi connectivity index (χ1) is 13.6. The molecule has 0 bridgehead atoms. The molecule has 4 rings (SSSR count). The Morgan fingerprint density at radius 2 is 1.86 bits per heavy atom. The molecular formula is C20H17BrN6O. The van der Waals surface area contributed by atoms with Gasteiger partial charge in [-0.2, -0.15) is 10.2 Å². The smallest absolute Gasteiger partial charge is 0.282 e. The summed E-state index contributed by atoms with van der Waals surface area (Å²) in [7, 11) is 1.61. The van der Waals surface area contributed by atoms with E-state index in [-0.39, 0.29) is 5.56 Å². The van der Waals surface area contributed by atoms with E-state index in [1.807, 2.05) is 53.3 Å². The molecule has 0 aliphatic heterocycles. The number of benzene rings is 1. The van der Waals surface area contributed by atoms with Gasteiger partial charge in [-0.1, -0.05) is 18.2 Å². The van der Waals surface area contributed by atoms with Gasteiger partial charge in [0.15, 0.2) is 0 Å². The lowest BCUT2D eigenvalue weighted by Gasteiger charge is -2.08. The average Bonchev–Trinajstić information content (AvgIpc) is 3.17. The number of aromatic nitrogens is 5. The quantitative estimate of drug-likeness (QED) is 0.518. The summed E-state index contributed by atoms with van der Waals surface area (Å²) >= 11 is 3.35. The van der Waals surface area contributed by atoms with Crippen molar-refractivity contribution in [3.05, 3.63) is 87.6 Å². The molecule has 0 unspecified atom stereocenters. The van der Waals surface area contributed by atoms with Crippen molar-refractivity contribution < 1.29 is 0 Å². The molecule has 8 heteroatoms. The molecule has 1 aromatic carbocycles. The number of rotatable bonds is 5. The van der Waals surface area contributed by atoms with Crippen LogP contribution in [-0.4, -0.2) is 24.5 Å². The highest BCUT2D eigenvalue weighted by atomic mass is 79.9. The summed E-state index contributed by atoms with van der Waals surface area (Å²) in [6.45, 7) is 0.484. The van der Waals surface area contributed by atoms with Crippen molar-refractivity contribution in [1.29, 1.82) is 0 Å². The second-order valence-electron chi connectivity index (χ2n) is 6.17. The molecule has 0 spiro atoms. The molecule has 0 saturated carbocycles. The third-order valence-electron chi connectivity index (χ3n) is 4.31. The van der Waals surface area contributed by atoms with E-state index >= 15 is 0 Å². The van der Waals surface area contributed by atoms with E-state index in [1.165, 1.54) is 4.68 Å². The number of nitrogens with one attached hydrogen (secondary N) is 1. The standard InChI is InChI=1S/C20H17BrN6O/c1-26-20(28)18(21)17(12-24-26)23-11-15-13-27(16-5-3-2-4-6-16)25-19(15)14-7-9-22-10-8-14/h2-10,12-13,23H,11H2,1H3. The highest BCUT2D eigenvalue weighted by Gasteiger charge is 2.14. The van der Waals surface area contributed by atoms with E-state index in [9.17, 15) is 4.79 Å². The lowest BCUT2D eigenvalue weighted by atomic mass is 10.1. The van der Waals surface area contributed by atoms with Crippen molar-refractivity contribution in [2.24, 2.45) is 7.05 Å². The monoisotopic (exact) mass is 436 g/mol. The zero-order chi connectivity index (χ0) is 19.5. The maximum atomic E-state index is 12.1. The fourth-order valence-electron chi connectivity index (χ4n) is 2.83. The van der Waals surface area contributed by atoms with Gasteiger partial charge >= 0.3 is 0 Å². The maximum absolute atomic E-state index is 12.1. The van der Waals surface area contributed by atoms with E-state index in [2.05, 4.69) is 31.3 Å². The van der Waals surface area contributed by atoms with Crippen LogP contribution in [0.1, 0.15) is 5.56 Å². The second-order valence-corrected chi connectivity index (χ2v) is 6.97. The molecule has 0 aliphatic carbocycles. The summed E-state index contributed by atoms with van der Waals surface area (Å²) in [5.74, 6) is 0. The molecule has 0 saturated heterocycles.